The topological polar surface area (TPSA) is 87.3 Å². The number of ether oxygens (including phenoxy) is 1. The molecule has 1 aliphatic heterocycles. The highest BCUT2D eigenvalue weighted by molar-refractivity contribution is 5.94. The van der Waals surface area contributed by atoms with E-state index in [1.165, 1.54) is 0 Å². The van der Waals surface area contributed by atoms with Gasteiger partial charge in [0.2, 0.25) is 5.91 Å². The van der Waals surface area contributed by atoms with E-state index >= 15 is 0 Å². The second-order valence-corrected chi connectivity index (χ2v) is 8.03. The van der Waals surface area contributed by atoms with Crippen LogP contribution >= 0.6 is 0 Å². The lowest BCUT2D eigenvalue weighted by Crippen LogP contribution is -2.57. The average molecular weight is 360 g/mol. The lowest BCUT2D eigenvalue weighted by molar-refractivity contribution is -0.132. The molecular weight excluding hydrogens is 332 g/mol. The van der Waals surface area contributed by atoms with Gasteiger partial charge in [-0.15, -0.1) is 0 Å². The predicted octanol–water partition coefficient (Wildman–Crippen LogP) is 1.43. The number of H-pyrrole nitrogens is 1. The van der Waals surface area contributed by atoms with Crippen molar-refractivity contribution in [3.05, 3.63) is 17.0 Å². The van der Waals surface area contributed by atoms with Crippen LogP contribution in [0.25, 0.3) is 0 Å². The number of carbonyl (C=O) groups excluding carboxylic acids is 2. The summed E-state index contributed by atoms with van der Waals surface area (Å²) in [5.41, 5.74) is 2.77. The maximum atomic E-state index is 13.2. The summed E-state index contributed by atoms with van der Waals surface area (Å²) in [4.78, 5) is 27.6. The molecule has 2 aliphatic carbocycles. The molecule has 0 spiro atoms. The molecule has 0 bridgehead atoms. The summed E-state index contributed by atoms with van der Waals surface area (Å²) >= 11 is 0. The van der Waals surface area contributed by atoms with Crippen molar-refractivity contribution in [3.8, 4) is 0 Å². The van der Waals surface area contributed by atoms with Gasteiger partial charge in [0.05, 0.1) is 18.8 Å². The van der Waals surface area contributed by atoms with Gasteiger partial charge in [0.25, 0.3) is 5.91 Å². The number of nitrogens with zero attached hydrogens (tertiary/aromatic N) is 2. The second-order valence-electron chi connectivity index (χ2n) is 8.03. The highest BCUT2D eigenvalue weighted by atomic mass is 16.5. The monoisotopic (exact) mass is 360 g/mol. The number of fused-ring (bicyclic) bond motifs is 2. The van der Waals surface area contributed by atoms with Gasteiger partial charge in [-0.1, -0.05) is 0 Å². The number of carbonyl (C=O) groups is 2. The summed E-state index contributed by atoms with van der Waals surface area (Å²) in [5, 5.41) is 10.4. The van der Waals surface area contributed by atoms with Gasteiger partial charge < -0.3 is 15.0 Å². The summed E-state index contributed by atoms with van der Waals surface area (Å²) < 4.78 is 5.93. The van der Waals surface area contributed by atoms with Crippen LogP contribution in [0.15, 0.2) is 0 Å². The SMILES string of the molecule is CC(C)NC(=O)[C@H]1CC[C@H]2OCCN(C(=O)c3n[nH]c4c3CCC4)[C@@H]2C1. The molecule has 1 aromatic rings. The zero-order chi connectivity index (χ0) is 18.3. The van der Waals surface area contributed by atoms with Crippen LogP contribution in [0.4, 0.5) is 0 Å². The Kier molecular flexibility index (Phi) is 4.73. The molecule has 142 valence electrons. The van der Waals surface area contributed by atoms with Crippen LogP contribution in [0.2, 0.25) is 0 Å². The molecule has 1 aromatic heterocycles. The van der Waals surface area contributed by atoms with Crippen molar-refractivity contribution in [1.82, 2.24) is 20.4 Å². The van der Waals surface area contributed by atoms with Crippen LogP contribution in [0.1, 0.15) is 61.3 Å². The highest BCUT2D eigenvalue weighted by Gasteiger charge is 2.43. The maximum absolute atomic E-state index is 13.2. The summed E-state index contributed by atoms with van der Waals surface area (Å²) in [6, 6.07) is 0.0915. The number of rotatable bonds is 3. The Morgan fingerprint density at radius 3 is 2.96 bits per heavy atom. The number of amides is 2. The standard InChI is InChI=1S/C19H28N4O3/c1-11(2)20-18(24)12-6-7-16-15(10-12)23(8-9-26-16)19(25)17-13-4-3-5-14(13)21-22-17/h11-12,15-16H,3-10H2,1-2H3,(H,20,24)(H,21,22)/t12-,15+,16+/m0/s1. The molecule has 1 saturated heterocycles. The third-order valence-corrected chi connectivity index (χ3v) is 5.89. The maximum Gasteiger partial charge on any atom is 0.275 e. The van der Waals surface area contributed by atoms with E-state index < -0.39 is 0 Å². The number of nitrogens with one attached hydrogen (secondary N) is 2. The Balaban J connectivity index is 1.52. The molecule has 2 heterocycles. The van der Waals surface area contributed by atoms with E-state index in [2.05, 4.69) is 15.5 Å². The number of hydrogen-bond donors (Lipinski definition) is 2. The van der Waals surface area contributed by atoms with E-state index in [1.54, 1.807) is 0 Å². The molecule has 7 nitrogen and oxygen atoms in total. The fourth-order valence-electron chi connectivity index (χ4n) is 4.63. The van der Waals surface area contributed by atoms with Gasteiger partial charge in [0.15, 0.2) is 5.69 Å². The van der Waals surface area contributed by atoms with Gasteiger partial charge in [-0.05, 0) is 52.4 Å². The van der Waals surface area contributed by atoms with E-state index in [0.29, 0.717) is 25.3 Å². The van der Waals surface area contributed by atoms with E-state index in [1.807, 2.05) is 18.7 Å². The molecule has 1 saturated carbocycles. The molecule has 7 heteroatoms. The first-order valence-electron chi connectivity index (χ1n) is 9.83. The van der Waals surface area contributed by atoms with Crippen molar-refractivity contribution in [3.63, 3.8) is 0 Å². The summed E-state index contributed by atoms with van der Waals surface area (Å²) in [6.45, 7) is 5.07. The Morgan fingerprint density at radius 2 is 2.15 bits per heavy atom. The Morgan fingerprint density at radius 1 is 1.31 bits per heavy atom. The Bertz CT molecular complexity index is 699. The van der Waals surface area contributed by atoms with Gasteiger partial charge in [0.1, 0.15) is 0 Å². The van der Waals surface area contributed by atoms with Gasteiger partial charge in [-0.3, -0.25) is 14.7 Å². The highest BCUT2D eigenvalue weighted by Crippen LogP contribution is 2.34. The van der Waals surface area contributed by atoms with Crippen molar-refractivity contribution >= 4 is 11.8 Å². The Hall–Kier alpha value is -1.89. The van der Waals surface area contributed by atoms with Crippen molar-refractivity contribution in [2.75, 3.05) is 13.2 Å². The molecule has 3 atom stereocenters. The third-order valence-electron chi connectivity index (χ3n) is 5.89. The van der Waals surface area contributed by atoms with Gasteiger partial charge >= 0.3 is 0 Å². The van der Waals surface area contributed by atoms with Crippen LogP contribution in [0.5, 0.6) is 0 Å². The number of aromatic amines is 1. The van der Waals surface area contributed by atoms with Crippen LogP contribution in [-0.2, 0) is 22.4 Å². The fourth-order valence-corrected chi connectivity index (χ4v) is 4.63. The quantitative estimate of drug-likeness (QED) is 0.854. The molecule has 0 aromatic carbocycles. The van der Waals surface area contributed by atoms with E-state index in [4.69, 9.17) is 4.74 Å². The lowest BCUT2D eigenvalue weighted by atomic mass is 9.81. The first-order valence-corrected chi connectivity index (χ1v) is 9.83. The van der Waals surface area contributed by atoms with Crippen molar-refractivity contribution < 1.29 is 14.3 Å². The Labute approximate surface area is 153 Å². The first-order chi connectivity index (χ1) is 12.5. The van der Waals surface area contributed by atoms with Crippen molar-refractivity contribution in [2.24, 2.45) is 5.92 Å². The summed E-state index contributed by atoms with van der Waals surface area (Å²) in [6.07, 6.45) is 5.32. The molecular formula is C19H28N4O3. The van der Waals surface area contributed by atoms with Crippen LogP contribution in [0, 0.1) is 5.92 Å². The molecule has 3 aliphatic rings. The lowest BCUT2D eigenvalue weighted by Gasteiger charge is -2.45. The summed E-state index contributed by atoms with van der Waals surface area (Å²) in [7, 11) is 0. The molecule has 2 fully saturated rings. The van der Waals surface area contributed by atoms with Crippen LogP contribution in [0.3, 0.4) is 0 Å². The first kappa shape index (κ1) is 17.5. The van der Waals surface area contributed by atoms with E-state index in [-0.39, 0.29) is 35.9 Å². The molecule has 2 N–H and O–H groups in total. The zero-order valence-electron chi connectivity index (χ0n) is 15.6. The predicted molar refractivity (Wildman–Crippen MR) is 95.8 cm³/mol. The van der Waals surface area contributed by atoms with Gasteiger partial charge in [-0.25, -0.2) is 0 Å². The van der Waals surface area contributed by atoms with Crippen LogP contribution in [-0.4, -0.2) is 58.3 Å². The minimum absolute atomic E-state index is 0.00684. The number of hydrogen-bond acceptors (Lipinski definition) is 4. The minimum Gasteiger partial charge on any atom is -0.374 e. The van der Waals surface area contributed by atoms with Crippen molar-refractivity contribution in [2.45, 2.75) is 70.6 Å². The molecule has 2 amide bonds. The molecule has 0 unspecified atom stereocenters. The second kappa shape index (κ2) is 7.02. The largest absolute Gasteiger partial charge is 0.374 e. The van der Waals surface area contributed by atoms with Gasteiger partial charge in [0, 0.05) is 29.8 Å². The number of aromatic nitrogens is 2. The molecule has 0 radical (unpaired) electrons. The van der Waals surface area contributed by atoms with E-state index in [9.17, 15) is 9.59 Å². The smallest absolute Gasteiger partial charge is 0.275 e. The van der Waals surface area contributed by atoms with Crippen LogP contribution < -0.4 is 5.32 Å². The summed E-state index contributed by atoms with van der Waals surface area (Å²) in [5.74, 6) is 0.0326. The normalized spacial score (nSPS) is 28.0. The fraction of sp³-hybridized carbons (Fsp3) is 0.737. The van der Waals surface area contributed by atoms with Gasteiger partial charge in [-0.2, -0.15) is 5.10 Å². The zero-order valence-corrected chi connectivity index (χ0v) is 15.6. The number of morpholine rings is 1. The molecule has 26 heavy (non-hydrogen) atoms. The average Bonchev–Trinajstić information content (AvgIpc) is 3.23. The third kappa shape index (κ3) is 3.13. The molecule has 4 rings (SSSR count). The minimum atomic E-state index is -0.0550. The van der Waals surface area contributed by atoms with E-state index in [0.717, 1.165) is 43.4 Å². The number of aryl methyl sites for hydroxylation is 1. The van der Waals surface area contributed by atoms with Crippen molar-refractivity contribution in [1.29, 1.82) is 0 Å².